The molecule has 0 unspecified atom stereocenters. The SMILES string of the molecule is CC(C)(C)C(=O)NC[C@@H](O)C(F)(F)F. The van der Waals surface area contributed by atoms with Gasteiger partial charge in [0.1, 0.15) is 0 Å². The van der Waals surface area contributed by atoms with Gasteiger partial charge in [-0.2, -0.15) is 13.2 Å². The fourth-order valence-corrected chi connectivity index (χ4v) is 0.570. The van der Waals surface area contributed by atoms with Crippen LogP contribution in [0.3, 0.4) is 0 Å². The molecule has 0 heterocycles. The Morgan fingerprint density at radius 2 is 1.79 bits per heavy atom. The van der Waals surface area contributed by atoms with Crippen molar-refractivity contribution in [3.63, 3.8) is 0 Å². The number of hydrogen-bond acceptors (Lipinski definition) is 2. The second-order valence-corrected chi connectivity index (χ2v) is 4.02. The van der Waals surface area contributed by atoms with Gasteiger partial charge in [-0.25, -0.2) is 0 Å². The molecule has 0 aromatic rings. The van der Waals surface area contributed by atoms with Gasteiger partial charge < -0.3 is 10.4 Å². The van der Waals surface area contributed by atoms with Crippen LogP contribution in [0.4, 0.5) is 13.2 Å². The normalized spacial score (nSPS) is 15.1. The molecule has 1 atom stereocenters. The summed E-state index contributed by atoms with van der Waals surface area (Å²) in [6, 6.07) is 0. The Kier molecular flexibility index (Phi) is 3.93. The molecule has 0 rings (SSSR count). The van der Waals surface area contributed by atoms with Crippen molar-refractivity contribution in [2.75, 3.05) is 6.54 Å². The molecule has 0 saturated heterocycles. The first-order chi connectivity index (χ1) is 6.05. The van der Waals surface area contributed by atoms with Crippen molar-refractivity contribution < 1.29 is 23.1 Å². The summed E-state index contributed by atoms with van der Waals surface area (Å²) >= 11 is 0. The predicted octanol–water partition coefficient (Wildman–Crippen LogP) is 1.07. The predicted molar refractivity (Wildman–Crippen MR) is 44.5 cm³/mol. The van der Waals surface area contributed by atoms with Gasteiger partial charge >= 0.3 is 6.18 Å². The number of carbonyl (C=O) groups is 1. The van der Waals surface area contributed by atoms with Crippen LogP contribution in [0, 0.1) is 5.41 Å². The van der Waals surface area contributed by atoms with Gasteiger partial charge in [0.25, 0.3) is 0 Å². The molecule has 3 nitrogen and oxygen atoms in total. The van der Waals surface area contributed by atoms with Crippen LogP contribution in [-0.2, 0) is 4.79 Å². The number of aliphatic hydroxyl groups is 1. The lowest BCUT2D eigenvalue weighted by Crippen LogP contribution is -2.44. The zero-order chi connectivity index (χ0) is 11.6. The summed E-state index contributed by atoms with van der Waals surface area (Å²) in [5, 5.41) is 10.6. The highest BCUT2D eigenvalue weighted by molar-refractivity contribution is 5.81. The first-order valence-electron chi connectivity index (χ1n) is 4.08. The van der Waals surface area contributed by atoms with Crippen molar-refractivity contribution in [3.05, 3.63) is 0 Å². The third-order valence-electron chi connectivity index (χ3n) is 1.51. The quantitative estimate of drug-likeness (QED) is 0.720. The molecule has 1 amide bonds. The van der Waals surface area contributed by atoms with E-state index in [-0.39, 0.29) is 0 Å². The fourth-order valence-electron chi connectivity index (χ4n) is 0.570. The summed E-state index contributed by atoms with van der Waals surface area (Å²) in [5.41, 5.74) is -0.759. The Bertz CT molecular complexity index is 208. The minimum absolute atomic E-state index is 0.527. The summed E-state index contributed by atoms with van der Waals surface area (Å²) in [4.78, 5) is 11.1. The van der Waals surface area contributed by atoms with Crippen molar-refractivity contribution in [3.8, 4) is 0 Å². The summed E-state index contributed by atoms with van der Waals surface area (Å²) in [6.45, 7) is 3.91. The first-order valence-corrected chi connectivity index (χ1v) is 4.08. The largest absolute Gasteiger partial charge is 0.416 e. The number of alkyl halides is 3. The average Bonchev–Trinajstić information content (AvgIpc) is 1.95. The van der Waals surface area contributed by atoms with E-state index >= 15 is 0 Å². The number of nitrogens with one attached hydrogen (secondary N) is 1. The summed E-state index contributed by atoms with van der Waals surface area (Å²) in [6.07, 6.45) is -7.20. The third kappa shape index (κ3) is 4.45. The van der Waals surface area contributed by atoms with E-state index in [1.165, 1.54) is 0 Å². The highest BCUT2D eigenvalue weighted by Gasteiger charge is 2.38. The van der Waals surface area contributed by atoms with Crippen LogP contribution >= 0.6 is 0 Å². The Labute approximate surface area is 80.3 Å². The molecule has 6 heteroatoms. The van der Waals surface area contributed by atoms with Gasteiger partial charge in [-0.3, -0.25) is 4.79 Å². The monoisotopic (exact) mass is 213 g/mol. The number of rotatable bonds is 2. The molecule has 0 spiro atoms. The van der Waals surface area contributed by atoms with Crippen molar-refractivity contribution in [1.29, 1.82) is 0 Å². The van der Waals surface area contributed by atoms with Gasteiger partial charge in [0.05, 0.1) is 6.54 Å². The Morgan fingerprint density at radius 1 is 1.36 bits per heavy atom. The molecule has 14 heavy (non-hydrogen) atoms. The maximum Gasteiger partial charge on any atom is 0.416 e. The maximum absolute atomic E-state index is 11.8. The van der Waals surface area contributed by atoms with Gasteiger partial charge in [-0.1, -0.05) is 20.8 Å². The molecule has 84 valence electrons. The molecular formula is C8H14F3NO2. The highest BCUT2D eigenvalue weighted by atomic mass is 19.4. The van der Waals surface area contributed by atoms with Crippen LogP contribution < -0.4 is 5.32 Å². The summed E-state index contributed by atoms with van der Waals surface area (Å²) < 4.78 is 35.4. The molecule has 0 aromatic carbocycles. The van der Waals surface area contributed by atoms with E-state index in [4.69, 9.17) is 5.11 Å². The van der Waals surface area contributed by atoms with Gasteiger partial charge in [-0.15, -0.1) is 0 Å². The third-order valence-corrected chi connectivity index (χ3v) is 1.51. The van der Waals surface area contributed by atoms with Gasteiger partial charge in [0.2, 0.25) is 5.91 Å². The second kappa shape index (κ2) is 4.16. The molecule has 0 aromatic heterocycles. The number of halogens is 3. The molecule has 0 aliphatic heterocycles. The Morgan fingerprint density at radius 3 is 2.07 bits per heavy atom. The molecule has 0 saturated carbocycles. The minimum Gasteiger partial charge on any atom is -0.382 e. The molecule has 0 radical (unpaired) electrons. The number of aliphatic hydroxyl groups excluding tert-OH is 1. The van der Waals surface area contributed by atoms with Crippen LogP contribution in [0.25, 0.3) is 0 Å². The van der Waals surface area contributed by atoms with Crippen molar-refractivity contribution in [2.24, 2.45) is 5.41 Å². The van der Waals surface area contributed by atoms with Crippen LogP contribution in [0.15, 0.2) is 0 Å². The number of amides is 1. The molecule has 0 aliphatic carbocycles. The maximum atomic E-state index is 11.8. The lowest BCUT2D eigenvalue weighted by atomic mass is 9.96. The first kappa shape index (κ1) is 13.2. The molecular weight excluding hydrogens is 199 g/mol. The second-order valence-electron chi connectivity index (χ2n) is 4.02. The number of carbonyl (C=O) groups excluding carboxylic acids is 1. The zero-order valence-corrected chi connectivity index (χ0v) is 8.27. The minimum atomic E-state index is -4.69. The van der Waals surface area contributed by atoms with Crippen molar-refractivity contribution >= 4 is 5.91 Å². The van der Waals surface area contributed by atoms with E-state index in [1.54, 1.807) is 20.8 Å². The van der Waals surface area contributed by atoms with Crippen molar-refractivity contribution in [2.45, 2.75) is 33.1 Å². The molecule has 0 bridgehead atoms. The van der Waals surface area contributed by atoms with Gasteiger partial charge in [-0.05, 0) is 0 Å². The van der Waals surface area contributed by atoms with Gasteiger partial charge in [0.15, 0.2) is 6.10 Å². The van der Waals surface area contributed by atoms with Crippen LogP contribution in [0.2, 0.25) is 0 Å². The van der Waals surface area contributed by atoms with E-state index in [9.17, 15) is 18.0 Å². The van der Waals surface area contributed by atoms with Crippen molar-refractivity contribution in [1.82, 2.24) is 5.32 Å². The Hall–Kier alpha value is -0.780. The van der Waals surface area contributed by atoms with Gasteiger partial charge in [0, 0.05) is 5.41 Å². The smallest absolute Gasteiger partial charge is 0.382 e. The van der Waals surface area contributed by atoms with E-state index in [2.05, 4.69) is 0 Å². The Balaban J connectivity index is 4.03. The highest BCUT2D eigenvalue weighted by Crippen LogP contribution is 2.19. The molecule has 0 fully saturated rings. The van der Waals surface area contributed by atoms with Crippen LogP contribution in [-0.4, -0.2) is 29.8 Å². The summed E-state index contributed by atoms with van der Waals surface area (Å²) in [5.74, 6) is -0.527. The van der Waals surface area contributed by atoms with E-state index in [1.807, 2.05) is 5.32 Å². The summed E-state index contributed by atoms with van der Waals surface area (Å²) in [7, 11) is 0. The number of hydrogen-bond donors (Lipinski definition) is 2. The van der Waals surface area contributed by atoms with E-state index in [0.29, 0.717) is 0 Å². The van der Waals surface area contributed by atoms with Crippen LogP contribution in [0.1, 0.15) is 20.8 Å². The fraction of sp³-hybridized carbons (Fsp3) is 0.875. The molecule has 2 N–H and O–H groups in total. The average molecular weight is 213 g/mol. The zero-order valence-electron chi connectivity index (χ0n) is 8.27. The van der Waals surface area contributed by atoms with E-state index in [0.717, 1.165) is 0 Å². The van der Waals surface area contributed by atoms with Crippen LogP contribution in [0.5, 0.6) is 0 Å². The van der Waals surface area contributed by atoms with E-state index < -0.39 is 30.1 Å². The topological polar surface area (TPSA) is 49.3 Å². The molecule has 0 aliphatic rings. The lowest BCUT2D eigenvalue weighted by molar-refractivity contribution is -0.202. The lowest BCUT2D eigenvalue weighted by Gasteiger charge is -2.20. The standard InChI is InChI=1S/C8H14F3NO2/c1-7(2,3)6(14)12-4-5(13)8(9,10)11/h5,13H,4H2,1-3H3,(H,12,14)/t5-/m1/s1.